The van der Waals surface area contributed by atoms with E-state index in [0.29, 0.717) is 27.2 Å². The van der Waals surface area contributed by atoms with Gasteiger partial charge < -0.3 is 10.1 Å². The van der Waals surface area contributed by atoms with Crippen molar-refractivity contribution in [3.8, 4) is 5.88 Å². The molecule has 0 saturated heterocycles. The van der Waals surface area contributed by atoms with Crippen molar-refractivity contribution in [1.82, 2.24) is 4.98 Å². The minimum absolute atomic E-state index is 0.0319. The summed E-state index contributed by atoms with van der Waals surface area (Å²) >= 11 is 12.1. The van der Waals surface area contributed by atoms with Crippen molar-refractivity contribution in [3.63, 3.8) is 0 Å². The van der Waals surface area contributed by atoms with E-state index in [0.717, 1.165) is 5.56 Å². The van der Waals surface area contributed by atoms with E-state index in [1.807, 2.05) is 19.9 Å². The molecular weight excluding hydrogens is 483 g/mol. The number of halogens is 2. The fraction of sp³-hybridized carbons (Fsp3) is 0.250. The molecule has 0 aliphatic rings. The number of sulfone groups is 1. The molecule has 0 radical (unpaired) electrons. The second kappa shape index (κ2) is 10.1. The summed E-state index contributed by atoms with van der Waals surface area (Å²) < 4.78 is 29.8. The summed E-state index contributed by atoms with van der Waals surface area (Å²) in [6.45, 7) is 5.37. The van der Waals surface area contributed by atoms with Crippen molar-refractivity contribution in [3.05, 3.63) is 82.0 Å². The summed E-state index contributed by atoms with van der Waals surface area (Å²) in [5, 5.41) is 3.69. The maximum atomic E-state index is 12.4. The zero-order chi connectivity index (χ0) is 24.2. The first-order chi connectivity index (χ1) is 15.5. The topological polar surface area (TPSA) is 85.4 Å². The molecule has 0 unspecified atom stereocenters. The molecule has 1 heterocycles. The highest BCUT2D eigenvalue weighted by molar-refractivity contribution is 7.91. The van der Waals surface area contributed by atoms with Gasteiger partial charge in [0.15, 0.2) is 9.84 Å². The summed E-state index contributed by atoms with van der Waals surface area (Å²) in [6.07, 6.45) is 1.62. The predicted molar refractivity (Wildman–Crippen MR) is 131 cm³/mol. The number of hydrogen-bond donors (Lipinski definition) is 1. The number of aromatic nitrogens is 1. The minimum atomic E-state index is -3.26. The van der Waals surface area contributed by atoms with Crippen molar-refractivity contribution in [2.24, 2.45) is 0 Å². The van der Waals surface area contributed by atoms with Gasteiger partial charge in [0.25, 0.3) is 0 Å². The van der Waals surface area contributed by atoms with Gasteiger partial charge in [-0.1, -0.05) is 48.3 Å². The number of amides is 1. The number of hydrogen-bond acceptors (Lipinski definition) is 5. The van der Waals surface area contributed by atoms with Crippen LogP contribution in [0.15, 0.2) is 65.7 Å². The van der Waals surface area contributed by atoms with Crippen LogP contribution in [0.5, 0.6) is 5.88 Å². The van der Waals surface area contributed by atoms with E-state index in [1.165, 1.54) is 18.3 Å². The Balaban J connectivity index is 1.61. The highest BCUT2D eigenvalue weighted by Crippen LogP contribution is 2.31. The Labute approximate surface area is 203 Å². The highest BCUT2D eigenvalue weighted by Gasteiger charge is 2.24. The van der Waals surface area contributed by atoms with E-state index in [-0.39, 0.29) is 23.0 Å². The van der Waals surface area contributed by atoms with Crippen molar-refractivity contribution < 1.29 is 17.9 Å². The molecule has 9 heteroatoms. The van der Waals surface area contributed by atoms with E-state index in [1.54, 1.807) is 43.3 Å². The molecule has 0 spiro atoms. The molecule has 0 aliphatic carbocycles. The largest absolute Gasteiger partial charge is 0.467 e. The molecule has 0 aliphatic heterocycles. The van der Waals surface area contributed by atoms with Gasteiger partial charge in [-0.2, -0.15) is 0 Å². The maximum Gasteiger partial charge on any atom is 0.228 e. The molecule has 1 aromatic heterocycles. The van der Waals surface area contributed by atoms with E-state index < -0.39 is 15.4 Å². The first-order valence-corrected chi connectivity index (χ1v) is 12.6. The monoisotopic (exact) mass is 506 g/mol. The Morgan fingerprint density at radius 3 is 2.30 bits per heavy atom. The number of nitrogens with zero attached hydrogens (tertiary/aromatic N) is 1. The molecule has 0 saturated carbocycles. The lowest BCUT2D eigenvalue weighted by Crippen LogP contribution is -2.25. The fourth-order valence-corrected chi connectivity index (χ4v) is 4.26. The molecule has 0 fully saturated rings. The average molecular weight is 507 g/mol. The predicted octanol–water partition coefficient (Wildman–Crippen LogP) is 5.68. The van der Waals surface area contributed by atoms with Gasteiger partial charge in [0.2, 0.25) is 11.8 Å². The van der Waals surface area contributed by atoms with Crippen LogP contribution in [0.25, 0.3) is 0 Å². The van der Waals surface area contributed by atoms with Gasteiger partial charge in [-0.05, 0) is 55.3 Å². The normalized spacial score (nSPS) is 11.8. The summed E-state index contributed by atoms with van der Waals surface area (Å²) in [4.78, 5) is 16.9. The van der Waals surface area contributed by atoms with Gasteiger partial charge in [-0.25, -0.2) is 13.4 Å². The number of benzene rings is 2. The lowest BCUT2D eigenvalue weighted by atomic mass is 9.98. The molecule has 2 aromatic carbocycles. The lowest BCUT2D eigenvalue weighted by molar-refractivity contribution is -0.115. The van der Waals surface area contributed by atoms with Crippen LogP contribution in [0, 0.1) is 0 Å². The molecule has 1 amide bonds. The smallest absolute Gasteiger partial charge is 0.228 e. The van der Waals surface area contributed by atoms with Gasteiger partial charge in [0, 0.05) is 6.07 Å². The molecule has 174 valence electrons. The fourth-order valence-electron chi connectivity index (χ4n) is 3.08. The lowest BCUT2D eigenvalue weighted by Gasteiger charge is -2.26. The minimum Gasteiger partial charge on any atom is -0.467 e. The number of carbonyl (C=O) groups is 1. The summed E-state index contributed by atoms with van der Waals surface area (Å²) in [7, 11) is -3.26. The third kappa shape index (κ3) is 6.47. The molecular formula is C24H24Cl2N2O4S. The zero-order valence-electron chi connectivity index (χ0n) is 18.4. The Bertz CT molecular complexity index is 1240. The van der Waals surface area contributed by atoms with Crippen LogP contribution in [0.4, 0.5) is 5.69 Å². The number of carbonyl (C=O) groups excluding carboxylic acids is 1. The van der Waals surface area contributed by atoms with Crippen LogP contribution in [-0.4, -0.2) is 25.1 Å². The number of ether oxygens (including phenoxy) is 1. The van der Waals surface area contributed by atoms with Gasteiger partial charge in [-0.3, -0.25) is 4.79 Å². The van der Waals surface area contributed by atoms with Crippen LogP contribution in [0.2, 0.25) is 10.0 Å². The molecule has 0 bridgehead atoms. The van der Waals surface area contributed by atoms with E-state index in [9.17, 15) is 13.2 Å². The van der Waals surface area contributed by atoms with E-state index >= 15 is 0 Å². The Hall–Kier alpha value is -2.61. The summed E-state index contributed by atoms with van der Waals surface area (Å²) in [5.74, 6) is 0.175. The van der Waals surface area contributed by atoms with Gasteiger partial charge in [0.05, 0.1) is 39.0 Å². The molecule has 3 rings (SSSR count). The third-order valence-electron chi connectivity index (χ3n) is 5.02. The molecule has 33 heavy (non-hydrogen) atoms. The van der Waals surface area contributed by atoms with E-state index in [4.69, 9.17) is 27.9 Å². The van der Waals surface area contributed by atoms with Gasteiger partial charge in [-0.15, -0.1) is 0 Å². The SMILES string of the molecule is CCS(=O)(=O)c1ccc(CC(=O)Nc2ccc(OC(C)(C)c3ccc(Cl)c(Cl)c3)nc2)cc1. The van der Waals surface area contributed by atoms with Crippen molar-refractivity contribution in [2.45, 2.75) is 37.7 Å². The highest BCUT2D eigenvalue weighted by atomic mass is 35.5. The number of rotatable bonds is 8. The first kappa shape index (κ1) is 25.0. The number of nitrogens with one attached hydrogen (secondary N) is 1. The third-order valence-corrected chi connectivity index (χ3v) is 7.51. The molecule has 0 atom stereocenters. The van der Waals surface area contributed by atoms with Gasteiger partial charge >= 0.3 is 0 Å². The standard InChI is InChI=1S/C24H24Cl2N2O4S/c1-4-33(30,31)19-9-5-16(6-10-19)13-22(29)28-18-8-12-23(27-15-18)32-24(2,3)17-7-11-20(25)21(26)14-17/h5-12,14-15H,4,13H2,1-3H3,(H,28,29). The average Bonchev–Trinajstić information content (AvgIpc) is 2.77. The van der Waals surface area contributed by atoms with E-state index in [2.05, 4.69) is 10.3 Å². The molecule has 6 nitrogen and oxygen atoms in total. The Kier molecular flexibility index (Phi) is 7.67. The molecule has 3 aromatic rings. The number of anilines is 1. The second-order valence-electron chi connectivity index (χ2n) is 7.90. The van der Waals surface area contributed by atoms with Crippen LogP contribution >= 0.6 is 23.2 Å². The number of pyridine rings is 1. The van der Waals surface area contributed by atoms with Gasteiger partial charge in [0.1, 0.15) is 5.60 Å². The maximum absolute atomic E-state index is 12.4. The first-order valence-electron chi connectivity index (χ1n) is 10.2. The van der Waals surface area contributed by atoms with Crippen LogP contribution in [-0.2, 0) is 26.7 Å². The quantitative estimate of drug-likeness (QED) is 0.424. The van der Waals surface area contributed by atoms with Crippen LogP contribution in [0.1, 0.15) is 31.9 Å². The Morgan fingerprint density at radius 2 is 1.73 bits per heavy atom. The summed E-state index contributed by atoms with van der Waals surface area (Å²) in [6, 6.07) is 15.0. The van der Waals surface area contributed by atoms with Crippen molar-refractivity contribution in [2.75, 3.05) is 11.1 Å². The summed E-state index contributed by atoms with van der Waals surface area (Å²) in [5.41, 5.74) is 1.36. The zero-order valence-corrected chi connectivity index (χ0v) is 20.8. The molecule has 1 N–H and O–H groups in total. The van der Waals surface area contributed by atoms with Crippen molar-refractivity contribution >= 4 is 44.6 Å². The Morgan fingerprint density at radius 1 is 1.03 bits per heavy atom. The van der Waals surface area contributed by atoms with Crippen LogP contribution < -0.4 is 10.1 Å². The van der Waals surface area contributed by atoms with Crippen LogP contribution in [0.3, 0.4) is 0 Å². The second-order valence-corrected chi connectivity index (χ2v) is 11.0. The van der Waals surface area contributed by atoms with Crippen molar-refractivity contribution in [1.29, 1.82) is 0 Å².